The Kier molecular flexibility index (Phi) is 8.37. The summed E-state index contributed by atoms with van der Waals surface area (Å²) < 4.78 is 49.6. The summed E-state index contributed by atoms with van der Waals surface area (Å²) in [6.07, 6.45) is -3.71. The van der Waals surface area contributed by atoms with Gasteiger partial charge in [0, 0.05) is 23.9 Å². The maximum absolute atomic E-state index is 13.0. The van der Waals surface area contributed by atoms with E-state index in [1.807, 2.05) is 0 Å². The standard InChI is InChI=1S/C24H14ClF3N4O7/c1-38-21-9-13(7-14(12-29)23(33)30-16-3-2-4-17(11-16)31(34)35)8-18(25)22(21)39-20-6-5-15(24(26,27)28)10-19(20)32(36)37/h2-11H,1H3,(H,30,33)/b14-7+. The number of nitro groups is 2. The smallest absolute Gasteiger partial charge is 0.416 e. The van der Waals surface area contributed by atoms with E-state index in [1.54, 1.807) is 6.07 Å². The monoisotopic (exact) mass is 562 g/mol. The van der Waals surface area contributed by atoms with E-state index in [4.69, 9.17) is 21.1 Å². The average Bonchev–Trinajstić information content (AvgIpc) is 2.87. The lowest BCUT2D eigenvalue weighted by molar-refractivity contribution is -0.385. The Hall–Kier alpha value is -5.16. The molecule has 1 N–H and O–H groups in total. The van der Waals surface area contributed by atoms with Gasteiger partial charge < -0.3 is 14.8 Å². The number of nitro benzene ring substituents is 2. The molecular formula is C24H14ClF3N4O7. The van der Waals surface area contributed by atoms with E-state index >= 15 is 0 Å². The molecule has 15 heteroatoms. The van der Waals surface area contributed by atoms with Crippen LogP contribution in [0.3, 0.4) is 0 Å². The van der Waals surface area contributed by atoms with Crippen molar-refractivity contribution in [3.05, 3.63) is 96.5 Å². The number of nitrogens with one attached hydrogen (secondary N) is 1. The van der Waals surface area contributed by atoms with Gasteiger partial charge in [0.15, 0.2) is 11.5 Å². The summed E-state index contributed by atoms with van der Waals surface area (Å²) in [7, 11) is 1.19. The largest absolute Gasteiger partial charge is 0.493 e. The number of anilines is 1. The van der Waals surface area contributed by atoms with Crippen molar-refractivity contribution in [1.29, 1.82) is 5.26 Å². The highest BCUT2D eigenvalue weighted by molar-refractivity contribution is 6.32. The molecule has 0 saturated carbocycles. The molecule has 0 aromatic heterocycles. The molecule has 1 amide bonds. The molecule has 0 saturated heterocycles. The predicted octanol–water partition coefficient (Wildman–Crippen LogP) is 6.52. The van der Waals surface area contributed by atoms with Crippen LogP contribution in [0, 0.1) is 31.6 Å². The van der Waals surface area contributed by atoms with E-state index in [0.717, 1.165) is 18.2 Å². The van der Waals surface area contributed by atoms with Crippen molar-refractivity contribution < 1.29 is 37.3 Å². The summed E-state index contributed by atoms with van der Waals surface area (Å²) in [5, 5.41) is 33.9. The van der Waals surface area contributed by atoms with Crippen LogP contribution in [0.4, 0.5) is 30.2 Å². The number of amides is 1. The molecule has 0 bridgehead atoms. The number of carbonyl (C=O) groups excluding carboxylic acids is 1. The van der Waals surface area contributed by atoms with Crippen LogP contribution >= 0.6 is 11.6 Å². The summed E-state index contributed by atoms with van der Waals surface area (Å²) in [5.74, 6) is -1.85. The van der Waals surface area contributed by atoms with Crippen molar-refractivity contribution in [2.24, 2.45) is 0 Å². The number of rotatable bonds is 8. The van der Waals surface area contributed by atoms with Gasteiger partial charge in [-0.05, 0) is 42.0 Å². The molecule has 0 unspecified atom stereocenters. The van der Waals surface area contributed by atoms with E-state index in [1.165, 1.54) is 37.4 Å². The molecule has 3 aromatic carbocycles. The maximum Gasteiger partial charge on any atom is 0.416 e. The third kappa shape index (κ3) is 6.79. The first-order chi connectivity index (χ1) is 18.3. The van der Waals surface area contributed by atoms with Crippen LogP contribution in [0.25, 0.3) is 6.08 Å². The normalized spacial score (nSPS) is 11.3. The number of nitrogens with zero attached hydrogens (tertiary/aromatic N) is 3. The molecule has 39 heavy (non-hydrogen) atoms. The van der Waals surface area contributed by atoms with Crippen molar-refractivity contribution >= 4 is 40.6 Å². The molecule has 3 aromatic rings. The van der Waals surface area contributed by atoms with Gasteiger partial charge in [-0.1, -0.05) is 17.7 Å². The number of hydrogen-bond acceptors (Lipinski definition) is 8. The highest BCUT2D eigenvalue weighted by Crippen LogP contribution is 2.43. The topological polar surface area (TPSA) is 158 Å². The first-order valence-electron chi connectivity index (χ1n) is 10.4. The Balaban J connectivity index is 1.94. The minimum absolute atomic E-state index is 0.0628. The fourth-order valence-electron chi connectivity index (χ4n) is 3.17. The number of alkyl halides is 3. The lowest BCUT2D eigenvalue weighted by Crippen LogP contribution is -2.13. The third-order valence-electron chi connectivity index (χ3n) is 4.94. The molecule has 11 nitrogen and oxygen atoms in total. The van der Waals surface area contributed by atoms with Crippen molar-refractivity contribution in [3.63, 3.8) is 0 Å². The Morgan fingerprint density at radius 1 is 1.08 bits per heavy atom. The fourth-order valence-corrected chi connectivity index (χ4v) is 3.42. The minimum atomic E-state index is -4.83. The molecule has 0 aliphatic carbocycles. The second-order valence-electron chi connectivity index (χ2n) is 7.50. The van der Waals surface area contributed by atoms with E-state index in [9.17, 15) is 43.5 Å². The average molecular weight is 563 g/mol. The van der Waals surface area contributed by atoms with E-state index in [2.05, 4.69) is 5.32 Å². The summed E-state index contributed by atoms with van der Waals surface area (Å²) in [6, 6.07) is 10.9. The molecular weight excluding hydrogens is 549 g/mol. The van der Waals surface area contributed by atoms with Crippen LogP contribution in [0.1, 0.15) is 11.1 Å². The third-order valence-corrected chi connectivity index (χ3v) is 5.22. The zero-order chi connectivity index (χ0) is 28.9. The van der Waals surface area contributed by atoms with Gasteiger partial charge in [0.1, 0.15) is 11.6 Å². The SMILES string of the molecule is COc1cc(/C=C(\C#N)C(=O)Nc2cccc([N+](=O)[O-])c2)cc(Cl)c1Oc1ccc(C(F)(F)F)cc1[N+](=O)[O-]. The first kappa shape index (κ1) is 28.4. The van der Waals surface area contributed by atoms with Gasteiger partial charge in [0.05, 0.1) is 27.5 Å². The van der Waals surface area contributed by atoms with Crippen molar-refractivity contribution in [2.75, 3.05) is 12.4 Å². The Morgan fingerprint density at radius 2 is 1.79 bits per heavy atom. The highest BCUT2D eigenvalue weighted by atomic mass is 35.5. The lowest BCUT2D eigenvalue weighted by Gasteiger charge is -2.14. The number of methoxy groups -OCH3 is 1. The highest BCUT2D eigenvalue weighted by Gasteiger charge is 2.33. The van der Waals surface area contributed by atoms with Gasteiger partial charge in [-0.25, -0.2) is 0 Å². The van der Waals surface area contributed by atoms with Crippen LogP contribution in [-0.4, -0.2) is 22.9 Å². The van der Waals surface area contributed by atoms with Crippen molar-refractivity contribution in [3.8, 4) is 23.3 Å². The number of halogens is 4. The molecule has 0 aliphatic rings. The Labute approximate surface area is 221 Å². The van der Waals surface area contributed by atoms with Crippen LogP contribution in [0.15, 0.2) is 60.2 Å². The Bertz CT molecular complexity index is 1550. The predicted molar refractivity (Wildman–Crippen MR) is 131 cm³/mol. The lowest BCUT2D eigenvalue weighted by atomic mass is 10.1. The van der Waals surface area contributed by atoms with Crippen molar-refractivity contribution in [2.45, 2.75) is 6.18 Å². The van der Waals surface area contributed by atoms with Gasteiger partial charge in [0.2, 0.25) is 5.75 Å². The van der Waals surface area contributed by atoms with E-state index in [0.29, 0.717) is 12.1 Å². The number of hydrogen-bond donors (Lipinski definition) is 1. The molecule has 0 spiro atoms. The molecule has 0 heterocycles. The van der Waals surface area contributed by atoms with Crippen LogP contribution in [0.2, 0.25) is 5.02 Å². The molecule has 200 valence electrons. The van der Waals surface area contributed by atoms with Gasteiger partial charge >= 0.3 is 11.9 Å². The zero-order valence-corrected chi connectivity index (χ0v) is 20.2. The second kappa shape index (κ2) is 11.5. The number of nitriles is 1. The molecule has 0 radical (unpaired) electrons. The molecule has 0 fully saturated rings. The number of benzene rings is 3. The Morgan fingerprint density at radius 3 is 2.38 bits per heavy atom. The summed E-state index contributed by atoms with van der Waals surface area (Å²) in [5.41, 5.74) is -2.73. The summed E-state index contributed by atoms with van der Waals surface area (Å²) in [4.78, 5) is 33.2. The molecule has 0 atom stereocenters. The summed E-state index contributed by atoms with van der Waals surface area (Å²) >= 11 is 6.25. The van der Waals surface area contributed by atoms with Gasteiger partial charge in [-0.15, -0.1) is 0 Å². The van der Waals surface area contributed by atoms with Crippen LogP contribution < -0.4 is 14.8 Å². The summed E-state index contributed by atoms with van der Waals surface area (Å²) in [6.45, 7) is 0. The first-order valence-corrected chi connectivity index (χ1v) is 10.8. The molecule has 3 rings (SSSR count). The quantitative estimate of drug-likeness (QED) is 0.141. The van der Waals surface area contributed by atoms with Crippen molar-refractivity contribution in [1.82, 2.24) is 0 Å². The molecule has 0 aliphatic heterocycles. The van der Waals surface area contributed by atoms with Gasteiger partial charge in [0.25, 0.3) is 11.6 Å². The number of non-ortho nitro benzene ring substituents is 1. The number of ether oxygens (including phenoxy) is 2. The van der Waals surface area contributed by atoms with Crippen LogP contribution in [-0.2, 0) is 11.0 Å². The second-order valence-corrected chi connectivity index (χ2v) is 7.91. The maximum atomic E-state index is 13.0. The number of carbonyl (C=O) groups is 1. The van der Waals surface area contributed by atoms with Gasteiger partial charge in [-0.2, -0.15) is 18.4 Å². The van der Waals surface area contributed by atoms with E-state index < -0.39 is 44.5 Å². The van der Waals surface area contributed by atoms with E-state index in [-0.39, 0.29) is 33.5 Å². The van der Waals surface area contributed by atoms with Crippen LogP contribution in [0.5, 0.6) is 17.2 Å². The fraction of sp³-hybridized carbons (Fsp3) is 0.0833. The van der Waals surface area contributed by atoms with Gasteiger partial charge in [-0.3, -0.25) is 25.0 Å². The zero-order valence-electron chi connectivity index (χ0n) is 19.5. The minimum Gasteiger partial charge on any atom is -0.493 e.